The Bertz CT molecular complexity index is 1090. The summed E-state index contributed by atoms with van der Waals surface area (Å²) in [6.07, 6.45) is 8.34. The molecule has 26 heavy (non-hydrogen) atoms. The molecule has 1 unspecified atom stereocenters. The highest BCUT2D eigenvalue weighted by Gasteiger charge is 2.35. The number of hydrogen-bond acceptors (Lipinski definition) is 4. The Morgan fingerprint density at radius 2 is 2.04 bits per heavy atom. The molecule has 4 aromatic heterocycles. The molecule has 0 N–H and O–H groups in total. The number of rotatable bonds is 4. The van der Waals surface area contributed by atoms with Crippen molar-refractivity contribution >= 4 is 5.52 Å². The van der Waals surface area contributed by atoms with Gasteiger partial charge in [-0.1, -0.05) is 11.3 Å². The van der Waals surface area contributed by atoms with Gasteiger partial charge in [0.05, 0.1) is 23.4 Å². The van der Waals surface area contributed by atoms with Crippen LogP contribution in [0.25, 0.3) is 16.9 Å². The van der Waals surface area contributed by atoms with Crippen molar-refractivity contribution in [2.24, 2.45) is 5.92 Å². The molecule has 0 aliphatic heterocycles. The van der Waals surface area contributed by atoms with Crippen LogP contribution in [-0.4, -0.2) is 29.4 Å². The Morgan fingerprint density at radius 3 is 2.85 bits per heavy atom. The standard InChI is InChI=1S/C20H20N6/c1-13-8-9-21-16(11-13)20(15-6-7-15)26-12-17(23-24-26)19-18-5-3-4-10-25(18)14(2)22-19/h3-5,8-12,15,20H,6-7H2,1-2H3. The second kappa shape index (κ2) is 5.76. The van der Waals surface area contributed by atoms with Crippen LogP contribution in [0.4, 0.5) is 0 Å². The van der Waals surface area contributed by atoms with E-state index in [9.17, 15) is 0 Å². The van der Waals surface area contributed by atoms with E-state index in [1.807, 2.05) is 48.4 Å². The molecule has 130 valence electrons. The van der Waals surface area contributed by atoms with Gasteiger partial charge in [-0.3, -0.25) is 4.98 Å². The topological polar surface area (TPSA) is 60.9 Å². The zero-order valence-corrected chi connectivity index (χ0v) is 14.9. The molecule has 1 atom stereocenters. The number of fused-ring (bicyclic) bond motifs is 1. The molecular weight excluding hydrogens is 324 g/mol. The van der Waals surface area contributed by atoms with Crippen molar-refractivity contribution < 1.29 is 0 Å². The first kappa shape index (κ1) is 15.3. The summed E-state index contributed by atoms with van der Waals surface area (Å²) in [6.45, 7) is 4.10. The van der Waals surface area contributed by atoms with Gasteiger partial charge in [0.15, 0.2) is 0 Å². The van der Waals surface area contributed by atoms with E-state index in [0.29, 0.717) is 5.92 Å². The minimum Gasteiger partial charge on any atom is -0.303 e. The zero-order valence-electron chi connectivity index (χ0n) is 14.9. The minimum absolute atomic E-state index is 0.145. The van der Waals surface area contributed by atoms with Crippen molar-refractivity contribution in [3.63, 3.8) is 0 Å². The van der Waals surface area contributed by atoms with E-state index in [2.05, 4.69) is 38.8 Å². The van der Waals surface area contributed by atoms with Gasteiger partial charge >= 0.3 is 0 Å². The predicted octanol–water partition coefficient (Wildman–Crippen LogP) is 3.60. The first-order valence-corrected chi connectivity index (χ1v) is 8.99. The summed E-state index contributed by atoms with van der Waals surface area (Å²) in [4.78, 5) is 9.32. The second-order valence-corrected chi connectivity index (χ2v) is 7.09. The van der Waals surface area contributed by atoms with Crippen molar-refractivity contribution in [1.29, 1.82) is 0 Å². The van der Waals surface area contributed by atoms with Crippen LogP contribution in [0.5, 0.6) is 0 Å². The summed E-state index contributed by atoms with van der Waals surface area (Å²) in [5, 5.41) is 8.89. The molecule has 4 aromatic rings. The normalized spacial score (nSPS) is 15.5. The lowest BCUT2D eigenvalue weighted by Crippen LogP contribution is -2.15. The number of nitrogens with zero attached hydrogens (tertiary/aromatic N) is 6. The van der Waals surface area contributed by atoms with Crippen molar-refractivity contribution in [3.05, 3.63) is 66.0 Å². The molecule has 4 heterocycles. The molecule has 1 aliphatic carbocycles. The van der Waals surface area contributed by atoms with Gasteiger partial charge < -0.3 is 4.40 Å². The Kier molecular flexibility index (Phi) is 3.38. The molecule has 0 amide bonds. The van der Waals surface area contributed by atoms with Crippen molar-refractivity contribution in [1.82, 2.24) is 29.4 Å². The summed E-state index contributed by atoms with van der Waals surface area (Å²) in [5.74, 6) is 1.53. The van der Waals surface area contributed by atoms with Crippen molar-refractivity contribution in [3.8, 4) is 11.4 Å². The predicted molar refractivity (Wildman–Crippen MR) is 98.8 cm³/mol. The first-order chi connectivity index (χ1) is 12.7. The van der Waals surface area contributed by atoms with Crippen LogP contribution in [0.3, 0.4) is 0 Å². The average Bonchev–Trinajstić information content (AvgIpc) is 3.26. The van der Waals surface area contributed by atoms with Gasteiger partial charge in [0, 0.05) is 12.4 Å². The maximum atomic E-state index is 4.71. The Hall–Kier alpha value is -3.02. The first-order valence-electron chi connectivity index (χ1n) is 8.99. The fourth-order valence-electron chi connectivity index (χ4n) is 3.63. The second-order valence-electron chi connectivity index (χ2n) is 7.09. The number of aryl methyl sites for hydroxylation is 2. The summed E-state index contributed by atoms with van der Waals surface area (Å²) < 4.78 is 4.05. The quantitative estimate of drug-likeness (QED) is 0.567. The molecule has 6 nitrogen and oxygen atoms in total. The number of imidazole rings is 1. The highest BCUT2D eigenvalue weighted by Crippen LogP contribution is 2.43. The van der Waals surface area contributed by atoms with E-state index in [0.717, 1.165) is 28.4 Å². The minimum atomic E-state index is 0.145. The van der Waals surface area contributed by atoms with E-state index in [-0.39, 0.29) is 6.04 Å². The van der Waals surface area contributed by atoms with Gasteiger partial charge in [-0.05, 0) is 62.4 Å². The third-order valence-corrected chi connectivity index (χ3v) is 5.07. The third kappa shape index (κ3) is 2.49. The molecule has 0 saturated heterocycles. The summed E-state index contributed by atoms with van der Waals surface area (Å²) >= 11 is 0. The fraction of sp³-hybridized carbons (Fsp3) is 0.300. The molecule has 6 heteroatoms. The SMILES string of the molecule is Cc1ccnc(C(C2CC2)n2cc(-c3nc(C)n4ccccc34)nn2)c1. The lowest BCUT2D eigenvalue weighted by Gasteiger charge is -2.15. The fourth-order valence-corrected chi connectivity index (χ4v) is 3.63. The summed E-state index contributed by atoms with van der Waals surface area (Å²) in [7, 11) is 0. The largest absolute Gasteiger partial charge is 0.303 e. The molecule has 0 radical (unpaired) electrons. The number of pyridine rings is 2. The van der Waals surface area contributed by atoms with Gasteiger partial charge in [-0.15, -0.1) is 5.10 Å². The molecule has 0 aromatic carbocycles. The highest BCUT2D eigenvalue weighted by atomic mass is 15.4. The number of aromatic nitrogens is 6. The van der Waals surface area contributed by atoms with E-state index in [4.69, 9.17) is 4.98 Å². The average molecular weight is 344 g/mol. The molecule has 1 saturated carbocycles. The maximum Gasteiger partial charge on any atom is 0.133 e. The van der Waals surface area contributed by atoms with Gasteiger partial charge in [-0.25, -0.2) is 9.67 Å². The van der Waals surface area contributed by atoms with Gasteiger partial charge in [0.1, 0.15) is 17.2 Å². The van der Waals surface area contributed by atoms with Gasteiger partial charge in [0.25, 0.3) is 0 Å². The Balaban J connectivity index is 1.58. The van der Waals surface area contributed by atoms with Crippen molar-refractivity contribution in [2.75, 3.05) is 0 Å². The van der Waals surface area contributed by atoms with E-state index in [1.54, 1.807) is 0 Å². The zero-order chi connectivity index (χ0) is 17.7. The lowest BCUT2D eigenvalue weighted by molar-refractivity contribution is 0.448. The molecule has 0 bridgehead atoms. The molecule has 5 rings (SSSR count). The summed E-state index contributed by atoms with van der Waals surface area (Å²) in [6, 6.07) is 10.4. The van der Waals surface area contributed by atoms with Crippen LogP contribution >= 0.6 is 0 Å². The monoisotopic (exact) mass is 344 g/mol. The Morgan fingerprint density at radius 1 is 1.15 bits per heavy atom. The van der Waals surface area contributed by atoms with Crippen LogP contribution in [-0.2, 0) is 0 Å². The molecule has 1 fully saturated rings. The van der Waals surface area contributed by atoms with Crippen LogP contribution in [0.1, 0.15) is 36.0 Å². The van der Waals surface area contributed by atoms with Crippen molar-refractivity contribution in [2.45, 2.75) is 32.7 Å². The van der Waals surface area contributed by atoms with E-state index in [1.165, 1.54) is 18.4 Å². The van der Waals surface area contributed by atoms with E-state index >= 15 is 0 Å². The maximum absolute atomic E-state index is 4.71. The Labute approximate surface area is 151 Å². The van der Waals surface area contributed by atoms with Gasteiger partial charge in [0.2, 0.25) is 0 Å². The lowest BCUT2D eigenvalue weighted by atomic mass is 10.1. The van der Waals surface area contributed by atoms with Gasteiger partial charge in [-0.2, -0.15) is 0 Å². The number of hydrogen-bond donors (Lipinski definition) is 0. The third-order valence-electron chi connectivity index (χ3n) is 5.07. The summed E-state index contributed by atoms with van der Waals surface area (Å²) in [5.41, 5.74) is 5.02. The highest BCUT2D eigenvalue weighted by molar-refractivity contribution is 5.74. The molecular formula is C20H20N6. The van der Waals surface area contributed by atoms with Crippen LogP contribution in [0, 0.1) is 19.8 Å². The molecule has 0 spiro atoms. The van der Waals surface area contributed by atoms with Crippen LogP contribution in [0.2, 0.25) is 0 Å². The molecule has 1 aliphatic rings. The smallest absolute Gasteiger partial charge is 0.133 e. The van der Waals surface area contributed by atoms with Crippen LogP contribution in [0.15, 0.2) is 48.9 Å². The van der Waals surface area contributed by atoms with Crippen LogP contribution < -0.4 is 0 Å². The van der Waals surface area contributed by atoms with E-state index < -0.39 is 0 Å².